The molecular weight excluding hydrogens is 362 g/mol. The van der Waals surface area contributed by atoms with Gasteiger partial charge in [-0.15, -0.1) is 0 Å². The first kappa shape index (κ1) is 21.1. The van der Waals surface area contributed by atoms with E-state index in [1.54, 1.807) is 5.57 Å². The minimum Gasteiger partial charge on any atom is -0.393 e. The van der Waals surface area contributed by atoms with Crippen molar-refractivity contribution in [2.45, 2.75) is 78.2 Å². The third-order valence-electron chi connectivity index (χ3n) is 9.52. The third-order valence-corrected chi connectivity index (χ3v) is 9.52. The summed E-state index contributed by atoms with van der Waals surface area (Å²) in [6.45, 7) is 13.7. The number of aliphatic hydroxyl groups is 2. The first-order chi connectivity index (χ1) is 13.7. The maximum atomic E-state index is 11.6. The van der Waals surface area contributed by atoms with Crippen LogP contribution in [-0.2, 0) is 4.84 Å². The molecule has 0 heterocycles. The molecule has 0 spiro atoms. The highest BCUT2D eigenvalue weighted by Crippen LogP contribution is 2.69. The molecule has 0 amide bonds. The van der Waals surface area contributed by atoms with Gasteiger partial charge in [-0.1, -0.05) is 38.1 Å². The van der Waals surface area contributed by atoms with Crippen molar-refractivity contribution in [3.8, 4) is 0 Å². The van der Waals surface area contributed by atoms with E-state index in [0.29, 0.717) is 23.7 Å². The number of fused-ring (bicyclic) bond motifs is 5. The van der Waals surface area contributed by atoms with Gasteiger partial charge in [0, 0.05) is 5.41 Å². The summed E-state index contributed by atoms with van der Waals surface area (Å²) in [5.74, 6) is 2.50. The predicted octanol–water partition coefficient (Wildman–Crippen LogP) is 4.87. The van der Waals surface area contributed by atoms with Gasteiger partial charge in [0.25, 0.3) is 0 Å². The van der Waals surface area contributed by atoms with Gasteiger partial charge in [-0.2, -0.15) is 0 Å². The van der Waals surface area contributed by atoms with Crippen molar-refractivity contribution in [1.82, 2.24) is 0 Å². The van der Waals surface area contributed by atoms with Crippen molar-refractivity contribution in [2.24, 2.45) is 39.7 Å². The Hall–Kier alpha value is -1.13. The molecule has 0 aliphatic heterocycles. The molecule has 0 radical (unpaired) electrons. The molecule has 4 heteroatoms. The second kappa shape index (κ2) is 7.23. The van der Waals surface area contributed by atoms with E-state index in [9.17, 15) is 5.11 Å². The smallest absolute Gasteiger partial charge is 0.140 e. The van der Waals surface area contributed by atoms with E-state index in [1.807, 2.05) is 6.92 Å². The van der Waals surface area contributed by atoms with Crippen LogP contribution in [0.25, 0.3) is 0 Å². The molecule has 4 rings (SSSR count). The number of aliphatic hydroxyl groups excluding tert-OH is 1. The Balaban J connectivity index is 1.64. The maximum Gasteiger partial charge on any atom is 0.140 e. The molecule has 3 saturated carbocycles. The zero-order valence-electron chi connectivity index (χ0n) is 18.7. The van der Waals surface area contributed by atoms with Crippen LogP contribution in [0.2, 0.25) is 0 Å². The zero-order valence-corrected chi connectivity index (χ0v) is 18.7. The molecule has 0 saturated heterocycles. The molecule has 0 unspecified atom stereocenters. The summed E-state index contributed by atoms with van der Waals surface area (Å²) in [6, 6.07) is 0. The largest absolute Gasteiger partial charge is 0.393 e. The summed E-state index contributed by atoms with van der Waals surface area (Å²) in [5.41, 5.74) is 3.03. The van der Waals surface area contributed by atoms with Crippen LogP contribution < -0.4 is 0 Å². The molecule has 2 N–H and O–H groups in total. The molecule has 3 fully saturated rings. The summed E-state index contributed by atoms with van der Waals surface area (Å²) in [4.78, 5) is 5.25. The minimum absolute atomic E-state index is 0.00190. The van der Waals surface area contributed by atoms with E-state index >= 15 is 0 Å². The van der Waals surface area contributed by atoms with E-state index in [4.69, 9.17) is 9.94 Å². The van der Waals surface area contributed by atoms with E-state index in [2.05, 4.69) is 38.6 Å². The highest BCUT2D eigenvalue weighted by atomic mass is 16.6. The zero-order chi connectivity index (χ0) is 21.0. The van der Waals surface area contributed by atoms with E-state index in [-0.39, 0.29) is 24.0 Å². The van der Waals surface area contributed by atoms with Crippen LogP contribution >= 0.6 is 0 Å². The Morgan fingerprint density at radius 1 is 1.24 bits per heavy atom. The van der Waals surface area contributed by atoms with E-state index < -0.39 is 5.60 Å². The van der Waals surface area contributed by atoms with Gasteiger partial charge < -0.3 is 15.1 Å². The van der Waals surface area contributed by atoms with Gasteiger partial charge in [-0.25, -0.2) is 0 Å². The van der Waals surface area contributed by atoms with Crippen molar-refractivity contribution < 1.29 is 15.1 Å². The van der Waals surface area contributed by atoms with E-state index in [1.165, 1.54) is 12.8 Å². The molecule has 0 bridgehead atoms. The summed E-state index contributed by atoms with van der Waals surface area (Å²) in [5, 5.41) is 24.8. The Bertz CT molecular complexity index is 742. The van der Waals surface area contributed by atoms with Gasteiger partial charge in [0.15, 0.2) is 0 Å². The van der Waals surface area contributed by atoms with Crippen LogP contribution in [0.15, 0.2) is 29.0 Å². The van der Waals surface area contributed by atoms with Crippen LogP contribution in [0.5, 0.6) is 0 Å². The summed E-state index contributed by atoms with van der Waals surface area (Å²) in [6.07, 6.45) is 9.88. The van der Waals surface area contributed by atoms with Gasteiger partial charge >= 0.3 is 0 Å². The lowest BCUT2D eigenvalue weighted by molar-refractivity contribution is -0.112. The quantitative estimate of drug-likeness (QED) is 0.401. The number of rotatable bonds is 4. The van der Waals surface area contributed by atoms with Crippen molar-refractivity contribution in [2.75, 3.05) is 13.2 Å². The van der Waals surface area contributed by atoms with Gasteiger partial charge in [-0.05, 0) is 92.6 Å². The Kier molecular flexibility index (Phi) is 5.26. The molecule has 29 heavy (non-hydrogen) atoms. The molecular formula is C25H39NO3. The van der Waals surface area contributed by atoms with Crippen LogP contribution in [0.3, 0.4) is 0 Å². The minimum atomic E-state index is -0.695. The van der Waals surface area contributed by atoms with Crippen LogP contribution in [0.1, 0.15) is 72.6 Å². The fraction of sp³-hybridized carbons (Fsp3) is 0.800. The lowest BCUT2D eigenvalue weighted by Crippen LogP contribution is -2.56. The normalized spacial score (nSPS) is 47.8. The monoisotopic (exact) mass is 401 g/mol. The second-order valence-corrected chi connectivity index (χ2v) is 10.8. The first-order valence-corrected chi connectivity index (χ1v) is 11.6. The number of nitrogens with zero attached hydrogens (tertiary/aromatic N) is 1. The topological polar surface area (TPSA) is 62.1 Å². The summed E-state index contributed by atoms with van der Waals surface area (Å²) >= 11 is 0. The number of hydrogen-bond acceptors (Lipinski definition) is 4. The molecule has 4 nitrogen and oxygen atoms in total. The maximum absolute atomic E-state index is 11.6. The fourth-order valence-electron chi connectivity index (χ4n) is 7.95. The lowest BCUT2D eigenvalue weighted by atomic mass is 9.44. The van der Waals surface area contributed by atoms with E-state index in [0.717, 1.165) is 43.4 Å². The molecule has 0 aromatic heterocycles. The van der Waals surface area contributed by atoms with Crippen molar-refractivity contribution in [1.29, 1.82) is 0 Å². The Labute approximate surface area is 176 Å². The second-order valence-electron chi connectivity index (χ2n) is 10.8. The SMILES string of the molecule is C=C(C)[C@@]1(O)CC[C@H]2[C@@H]3C[C@H](C)C4=C/C(=N\OCCO)CC[C@]4(C)[C@H]3CC[C@@]21C. The number of allylic oxidation sites excluding steroid dienone is 2. The van der Waals surface area contributed by atoms with Gasteiger partial charge in [0.1, 0.15) is 6.61 Å². The van der Waals surface area contributed by atoms with Crippen LogP contribution in [0.4, 0.5) is 0 Å². The standard InChI is InChI=1S/C25H39NO3/c1-16(2)25(28)11-8-21-19-14-17(3)22-15-18(26-29-13-12-27)6-9-23(22,4)20(19)7-10-24(21,25)5/h15,17,19-21,27-28H,1,6-14H2,2-5H3/b26-18-/t17-,19+,20-,21-,23+,24-,25-/m0/s1. The highest BCUT2D eigenvalue weighted by Gasteiger charge is 2.64. The Morgan fingerprint density at radius 3 is 2.66 bits per heavy atom. The molecule has 7 atom stereocenters. The van der Waals surface area contributed by atoms with Crippen molar-refractivity contribution >= 4 is 5.71 Å². The highest BCUT2D eigenvalue weighted by molar-refractivity contribution is 5.96. The number of oxime groups is 1. The summed E-state index contributed by atoms with van der Waals surface area (Å²) < 4.78 is 0. The summed E-state index contributed by atoms with van der Waals surface area (Å²) in [7, 11) is 0. The average Bonchev–Trinajstić information content (AvgIpc) is 2.95. The fourth-order valence-corrected chi connectivity index (χ4v) is 7.95. The third kappa shape index (κ3) is 2.96. The number of hydrogen-bond donors (Lipinski definition) is 2. The lowest BCUT2D eigenvalue weighted by Gasteiger charge is -2.60. The van der Waals surface area contributed by atoms with Crippen molar-refractivity contribution in [3.63, 3.8) is 0 Å². The predicted molar refractivity (Wildman–Crippen MR) is 116 cm³/mol. The molecule has 0 aromatic carbocycles. The van der Waals surface area contributed by atoms with Crippen molar-refractivity contribution in [3.05, 3.63) is 23.8 Å². The van der Waals surface area contributed by atoms with Gasteiger partial charge in [0.05, 0.1) is 17.9 Å². The van der Waals surface area contributed by atoms with Crippen LogP contribution in [0, 0.1) is 34.5 Å². The Morgan fingerprint density at radius 2 is 1.97 bits per heavy atom. The molecule has 4 aliphatic rings. The van der Waals surface area contributed by atoms with Crippen LogP contribution in [-0.4, -0.2) is 34.7 Å². The average molecular weight is 402 g/mol. The molecule has 162 valence electrons. The molecule has 4 aliphatic carbocycles. The van der Waals surface area contributed by atoms with Gasteiger partial charge in [-0.3, -0.25) is 0 Å². The first-order valence-electron chi connectivity index (χ1n) is 11.6. The molecule has 0 aromatic rings. The van der Waals surface area contributed by atoms with Gasteiger partial charge in [0.2, 0.25) is 0 Å².